The van der Waals surface area contributed by atoms with Gasteiger partial charge in [0.15, 0.2) is 0 Å². The number of benzene rings is 1. The third-order valence-electron chi connectivity index (χ3n) is 5.53. The lowest BCUT2D eigenvalue weighted by molar-refractivity contribution is 0.0736. The predicted octanol–water partition coefficient (Wildman–Crippen LogP) is 2.86. The molecule has 1 amide bonds. The highest BCUT2D eigenvalue weighted by Gasteiger charge is 2.41. The first-order chi connectivity index (χ1) is 9.99. The monoisotopic (exact) mass is 286 g/mol. The van der Waals surface area contributed by atoms with Gasteiger partial charge in [-0.25, -0.2) is 0 Å². The van der Waals surface area contributed by atoms with Gasteiger partial charge in [-0.15, -0.1) is 0 Å². The van der Waals surface area contributed by atoms with E-state index < -0.39 is 0 Å². The van der Waals surface area contributed by atoms with Crippen LogP contribution in [0.25, 0.3) is 0 Å². The van der Waals surface area contributed by atoms with Crippen LogP contribution in [0.3, 0.4) is 0 Å². The van der Waals surface area contributed by atoms with Gasteiger partial charge < -0.3 is 9.80 Å². The highest BCUT2D eigenvalue weighted by atomic mass is 16.2. The average molecular weight is 286 g/mol. The Morgan fingerprint density at radius 1 is 1.05 bits per heavy atom. The molecule has 3 nitrogen and oxygen atoms in total. The van der Waals surface area contributed by atoms with E-state index in [0.717, 1.165) is 18.7 Å². The van der Waals surface area contributed by atoms with E-state index in [0.29, 0.717) is 5.41 Å². The summed E-state index contributed by atoms with van der Waals surface area (Å²) >= 11 is 0. The van der Waals surface area contributed by atoms with Gasteiger partial charge in [0.2, 0.25) is 0 Å². The predicted molar refractivity (Wildman–Crippen MR) is 85.6 cm³/mol. The first-order valence-corrected chi connectivity index (χ1v) is 8.04. The van der Waals surface area contributed by atoms with Crippen molar-refractivity contribution in [3.63, 3.8) is 0 Å². The van der Waals surface area contributed by atoms with Crippen LogP contribution in [0, 0.1) is 19.3 Å². The molecule has 0 bridgehead atoms. The molecule has 0 unspecified atom stereocenters. The summed E-state index contributed by atoms with van der Waals surface area (Å²) < 4.78 is 0. The number of carbonyl (C=O) groups excluding carboxylic acids is 1. The fourth-order valence-electron chi connectivity index (χ4n) is 3.67. The molecule has 3 rings (SSSR count). The third kappa shape index (κ3) is 2.84. The smallest absolute Gasteiger partial charge is 0.253 e. The van der Waals surface area contributed by atoms with Gasteiger partial charge in [0.1, 0.15) is 0 Å². The van der Waals surface area contributed by atoms with E-state index in [9.17, 15) is 4.79 Å². The zero-order chi connectivity index (χ0) is 15.0. The van der Waals surface area contributed by atoms with Crippen LogP contribution < -0.4 is 0 Å². The van der Waals surface area contributed by atoms with Crippen LogP contribution in [-0.4, -0.2) is 48.9 Å². The minimum absolute atomic E-state index is 0.217. The lowest BCUT2D eigenvalue weighted by Gasteiger charge is -2.37. The summed E-state index contributed by atoms with van der Waals surface area (Å²) in [6, 6.07) is 6.07. The Bertz CT molecular complexity index is 544. The maximum absolute atomic E-state index is 12.7. The lowest BCUT2D eigenvalue weighted by Crippen LogP contribution is -2.40. The van der Waals surface area contributed by atoms with Crippen molar-refractivity contribution in [3.05, 3.63) is 34.9 Å². The van der Waals surface area contributed by atoms with Crippen molar-refractivity contribution >= 4 is 5.91 Å². The number of likely N-dealkylation sites (tertiary alicyclic amines) is 2. The molecule has 2 aliphatic heterocycles. The SMILES string of the molecule is Cc1ccc(C(=O)N2CCC3(CCN(C)CC3)C2)cc1C. The molecule has 114 valence electrons. The Morgan fingerprint density at radius 3 is 2.38 bits per heavy atom. The minimum atomic E-state index is 0.217. The van der Waals surface area contributed by atoms with Crippen molar-refractivity contribution in [1.82, 2.24) is 9.80 Å². The quantitative estimate of drug-likeness (QED) is 0.792. The molecule has 2 aliphatic rings. The molecule has 0 atom stereocenters. The second-order valence-electron chi connectivity index (χ2n) is 7.08. The van der Waals surface area contributed by atoms with Crippen molar-refractivity contribution in [3.8, 4) is 0 Å². The second-order valence-corrected chi connectivity index (χ2v) is 7.08. The molecular weight excluding hydrogens is 260 g/mol. The highest BCUT2D eigenvalue weighted by Crippen LogP contribution is 2.40. The van der Waals surface area contributed by atoms with Crippen molar-refractivity contribution in [2.75, 3.05) is 33.2 Å². The van der Waals surface area contributed by atoms with E-state index in [1.807, 2.05) is 12.1 Å². The summed E-state index contributed by atoms with van der Waals surface area (Å²) in [5, 5.41) is 0. The number of amides is 1. The summed E-state index contributed by atoms with van der Waals surface area (Å²) in [6.07, 6.45) is 3.65. The summed E-state index contributed by atoms with van der Waals surface area (Å²) in [4.78, 5) is 17.2. The van der Waals surface area contributed by atoms with Crippen LogP contribution in [0.2, 0.25) is 0 Å². The third-order valence-corrected chi connectivity index (χ3v) is 5.53. The molecule has 0 aromatic heterocycles. The lowest BCUT2D eigenvalue weighted by atomic mass is 9.78. The van der Waals surface area contributed by atoms with Crippen molar-refractivity contribution in [1.29, 1.82) is 0 Å². The van der Waals surface area contributed by atoms with Crippen LogP contribution in [-0.2, 0) is 0 Å². The molecule has 3 heteroatoms. The molecule has 0 saturated carbocycles. The first-order valence-electron chi connectivity index (χ1n) is 8.04. The summed E-state index contributed by atoms with van der Waals surface area (Å²) in [5.41, 5.74) is 3.69. The van der Waals surface area contributed by atoms with Gasteiger partial charge in [0.25, 0.3) is 5.91 Å². The van der Waals surface area contributed by atoms with Gasteiger partial charge in [0.05, 0.1) is 0 Å². The number of carbonyl (C=O) groups is 1. The number of hydrogen-bond acceptors (Lipinski definition) is 2. The maximum Gasteiger partial charge on any atom is 0.253 e. The standard InChI is InChI=1S/C18H26N2O/c1-14-4-5-16(12-15(14)2)17(21)20-11-8-18(13-20)6-9-19(3)10-7-18/h4-5,12H,6-11,13H2,1-3H3. The van der Waals surface area contributed by atoms with Crippen LogP contribution >= 0.6 is 0 Å². The van der Waals surface area contributed by atoms with Crippen LogP contribution in [0.1, 0.15) is 40.7 Å². The molecule has 2 fully saturated rings. The summed E-state index contributed by atoms with van der Waals surface area (Å²) in [6.45, 7) is 8.39. The van der Waals surface area contributed by atoms with E-state index in [1.165, 1.54) is 43.5 Å². The van der Waals surface area contributed by atoms with E-state index in [2.05, 4.69) is 36.8 Å². The zero-order valence-corrected chi connectivity index (χ0v) is 13.5. The van der Waals surface area contributed by atoms with Gasteiger partial charge in [-0.1, -0.05) is 6.07 Å². The Labute approximate surface area is 127 Å². The fourth-order valence-corrected chi connectivity index (χ4v) is 3.67. The average Bonchev–Trinajstić information content (AvgIpc) is 2.89. The van der Waals surface area contributed by atoms with Crippen LogP contribution in [0.4, 0.5) is 0 Å². The maximum atomic E-state index is 12.7. The van der Waals surface area contributed by atoms with Gasteiger partial charge in [-0.2, -0.15) is 0 Å². The zero-order valence-electron chi connectivity index (χ0n) is 13.5. The second kappa shape index (κ2) is 5.45. The van der Waals surface area contributed by atoms with Gasteiger partial charge >= 0.3 is 0 Å². The van der Waals surface area contributed by atoms with E-state index in [4.69, 9.17) is 0 Å². The van der Waals surface area contributed by atoms with Crippen LogP contribution in [0.15, 0.2) is 18.2 Å². The Hall–Kier alpha value is -1.35. The Kier molecular flexibility index (Phi) is 3.78. The van der Waals surface area contributed by atoms with E-state index in [-0.39, 0.29) is 5.91 Å². The molecule has 1 aromatic carbocycles. The number of piperidine rings is 1. The fraction of sp³-hybridized carbons (Fsp3) is 0.611. The molecule has 1 spiro atoms. The topological polar surface area (TPSA) is 23.6 Å². The Morgan fingerprint density at radius 2 is 1.71 bits per heavy atom. The molecule has 21 heavy (non-hydrogen) atoms. The Balaban J connectivity index is 1.71. The molecule has 0 radical (unpaired) electrons. The molecule has 0 aliphatic carbocycles. The van der Waals surface area contributed by atoms with E-state index >= 15 is 0 Å². The minimum Gasteiger partial charge on any atom is -0.338 e. The van der Waals surface area contributed by atoms with Gasteiger partial charge in [0, 0.05) is 18.7 Å². The number of rotatable bonds is 1. The molecule has 2 heterocycles. The van der Waals surface area contributed by atoms with E-state index in [1.54, 1.807) is 0 Å². The summed E-state index contributed by atoms with van der Waals surface area (Å²) in [5.74, 6) is 0.217. The van der Waals surface area contributed by atoms with Gasteiger partial charge in [-0.3, -0.25) is 4.79 Å². The molecular formula is C18H26N2O. The largest absolute Gasteiger partial charge is 0.338 e. The van der Waals surface area contributed by atoms with Crippen molar-refractivity contribution in [2.24, 2.45) is 5.41 Å². The van der Waals surface area contributed by atoms with Crippen molar-refractivity contribution in [2.45, 2.75) is 33.1 Å². The first kappa shape index (κ1) is 14.6. The number of nitrogens with zero attached hydrogens (tertiary/aromatic N) is 2. The number of aryl methyl sites for hydroxylation is 2. The molecule has 1 aromatic rings. The summed E-state index contributed by atoms with van der Waals surface area (Å²) in [7, 11) is 2.19. The van der Waals surface area contributed by atoms with Gasteiger partial charge in [-0.05, 0) is 81.9 Å². The highest BCUT2D eigenvalue weighted by molar-refractivity contribution is 5.94. The molecule has 0 N–H and O–H groups in total. The molecule has 2 saturated heterocycles. The normalized spacial score (nSPS) is 22.0. The number of hydrogen-bond donors (Lipinski definition) is 0. The van der Waals surface area contributed by atoms with Crippen LogP contribution in [0.5, 0.6) is 0 Å². The van der Waals surface area contributed by atoms with Crippen molar-refractivity contribution < 1.29 is 4.79 Å².